The molecule has 0 saturated carbocycles. The highest BCUT2D eigenvalue weighted by Gasteiger charge is 2.30. The molecule has 0 unspecified atom stereocenters. The molecule has 1 N–H and O–H groups in total. The van der Waals surface area contributed by atoms with Gasteiger partial charge in [0.1, 0.15) is 5.82 Å². The first kappa shape index (κ1) is 17.9. The monoisotopic (exact) mass is 348 g/mol. The number of nitrogens with one attached hydrogen (secondary N) is 1. The van der Waals surface area contributed by atoms with Gasteiger partial charge < -0.3 is 0 Å². The highest BCUT2D eigenvalue weighted by Crippen LogP contribution is 2.22. The number of hydrazine groups is 1. The third-order valence-electron chi connectivity index (χ3n) is 3.28. The standard InChI is InChI=1S/C18H18ClFN2O2/c1-18(2,3)22(21-16(23)12-7-5-4-6-8-12)17(24)14-10-9-13(20)11-15(14)19/h4-11H,1-3H3,(H,21,23). The summed E-state index contributed by atoms with van der Waals surface area (Å²) in [6.07, 6.45) is 0. The van der Waals surface area contributed by atoms with Crippen LogP contribution in [0.25, 0.3) is 0 Å². The van der Waals surface area contributed by atoms with Crippen LogP contribution in [0, 0.1) is 5.82 Å². The van der Waals surface area contributed by atoms with E-state index in [0.29, 0.717) is 5.56 Å². The Kier molecular flexibility index (Phi) is 5.24. The van der Waals surface area contributed by atoms with Gasteiger partial charge in [-0.1, -0.05) is 29.8 Å². The van der Waals surface area contributed by atoms with Crippen molar-refractivity contribution in [2.24, 2.45) is 0 Å². The zero-order valence-electron chi connectivity index (χ0n) is 13.6. The minimum atomic E-state index is -0.709. The number of benzene rings is 2. The van der Waals surface area contributed by atoms with E-state index in [1.165, 1.54) is 11.1 Å². The molecule has 24 heavy (non-hydrogen) atoms. The second kappa shape index (κ2) is 7.01. The Morgan fingerprint density at radius 2 is 1.71 bits per heavy atom. The zero-order chi connectivity index (χ0) is 17.9. The van der Waals surface area contributed by atoms with Gasteiger partial charge in [0, 0.05) is 5.56 Å². The summed E-state index contributed by atoms with van der Waals surface area (Å²) in [5.41, 5.74) is 2.43. The van der Waals surface area contributed by atoms with Crippen LogP contribution < -0.4 is 5.43 Å². The molecular formula is C18H18ClFN2O2. The van der Waals surface area contributed by atoms with E-state index in [9.17, 15) is 14.0 Å². The summed E-state index contributed by atoms with van der Waals surface area (Å²) >= 11 is 5.97. The summed E-state index contributed by atoms with van der Waals surface area (Å²) in [4.78, 5) is 25.2. The molecule has 4 nitrogen and oxygen atoms in total. The molecule has 0 aliphatic rings. The first-order valence-electron chi connectivity index (χ1n) is 7.36. The van der Waals surface area contributed by atoms with Gasteiger partial charge in [0.15, 0.2) is 0 Å². The van der Waals surface area contributed by atoms with Gasteiger partial charge in [0.25, 0.3) is 11.8 Å². The van der Waals surface area contributed by atoms with Crippen LogP contribution in [0.1, 0.15) is 41.5 Å². The van der Waals surface area contributed by atoms with Crippen molar-refractivity contribution < 1.29 is 14.0 Å². The molecule has 2 aromatic rings. The lowest BCUT2D eigenvalue weighted by molar-refractivity contribution is 0.0358. The van der Waals surface area contributed by atoms with E-state index in [4.69, 9.17) is 11.6 Å². The Bertz CT molecular complexity index is 757. The number of hydrogen-bond acceptors (Lipinski definition) is 2. The number of hydrogen-bond donors (Lipinski definition) is 1. The van der Waals surface area contributed by atoms with Crippen molar-refractivity contribution in [1.82, 2.24) is 10.4 Å². The van der Waals surface area contributed by atoms with Crippen molar-refractivity contribution in [2.45, 2.75) is 26.3 Å². The fourth-order valence-corrected chi connectivity index (χ4v) is 2.31. The predicted molar refractivity (Wildman–Crippen MR) is 91.2 cm³/mol. The molecule has 0 bridgehead atoms. The van der Waals surface area contributed by atoms with Crippen LogP contribution >= 0.6 is 11.6 Å². The van der Waals surface area contributed by atoms with Crippen LogP contribution in [0.5, 0.6) is 0 Å². The van der Waals surface area contributed by atoms with E-state index in [0.717, 1.165) is 12.1 Å². The summed E-state index contributed by atoms with van der Waals surface area (Å²) in [6.45, 7) is 5.31. The Hall–Kier alpha value is -2.40. The molecular weight excluding hydrogens is 331 g/mol. The van der Waals surface area contributed by atoms with Crippen LogP contribution in [0.15, 0.2) is 48.5 Å². The fraction of sp³-hybridized carbons (Fsp3) is 0.222. The third kappa shape index (κ3) is 4.11. The summed E-state index contributed by atoms with van der Waals surface area (Å²) in [5.74, 6) is -1.47. The molecule has 6 heteroatoms. The van der Waals surface area contributed by atoms with Crippen molar-refractivity contribution in [1.29, 1.82) is 0 Å². The summed E-state index contributed by atoms with van der Waals surface area (Å²) in [5, 5.41) is 1.18. The number of carbonyl (C=O) groups is 2. The summed E-state index contributed by atoms with van der Waals surface area (Å²) < 4.78 is 13.2. The van der Waals surface area contributed by atoms with E-state index in [1.54, 1.807) is 51.1 Å². The average molecular weight is 349 g/mol. The molecule has 0 aliphatic carbocycles. The lowest BCUT2D eigenvalue weighted by Gasteiger charge is -2.35. The van der Waals surface area contributed by atoms with E-state index < -0.39 is 23.2 Å². The molecule has 2 amide bonds. The topological polar surface area (TPSA) is 49.4 Å². The molecule has 0 atom stereocenters. The Labute approximate surface area is 145 Å². The van der Waals surface area contributed by atoms with E-state index >= 15 is 0 Å². The molecule has 0 aromatic heterocycles. The van der Waals surface area contributed by atoms with Gasteiger partial charge in [-0.05, 0) is 51.1 Å². The van der Waals surface area contributed by atoms with Gasteiger partial charge >= 0.3 is 0 Å². The minimum Gasteiger partial charge on any atom is -0.267 e. The van der Waals surface area contributed by atoms with Crippen LogP contribution in [0.4, 0.5) is 4.39 Å². The lowest BCUT2D eigenvalue weighted by atomic mass is 10.1. The maximum atomic E-state index is 13.2. The van der Waals surface area contributed by atoms with E-state index in [-0.39, 0.29) is 10.6 Å². The van der Waals surface area contributed by atoms with Crippen LogP contribution in [0.3, 0.4) is 0 Å². The van der Waals surface area contributed by atoms with Crippen molar-refractivity contribution in [2.75, 3.05) is 0 Å². The SMILES string of the molecule is CC(C)(C)N(NC(=O)c1ccccc1)C(=O)c1ccc(F)cc1Cl. The van der Waals surface area contributed by atoms with E-state index in [1.807, 2.05) is 0 Å². The number of halogens is 2. The smallest absolute Gasteiger partial charge is 0.267 e. The van der Waals surface area contributed by atoms with Gasteiger partial charge in [-0.3, -0.25) is 15.0 Å². The Morgan fingerprint density at radius 1 is 1.08 bits per heavy atom. The van der Waals surface area contributed by atoms with Gasteiger partial charge in [0.05, 0.1) is 16.1 Å². The van der Waals surface area contributed by atoms with E-state index in [2.05, 4.69) is 5.43 Å². The zero-order valence-corrected chi connectivity index (χ0v) is 14.4. The van der Waals surface area contributed by atoms with Gasteiger partial charge in [-0.2, -0.15) is 0 Å². The molecule has 0 fully saturated rings. The Morgan fingerprint density at radius 3 is 2.25 bits per heavy atom. The van der Waals surface area contributed by atoms with Gasteiger partial charge in [-0.15, -0.1) is 0 Å². The quantitative estimate of drug-likeness (QED) is 0.832. The Balaban J connectivity index is 2.32. The highest BCUT2D eigenvalue weighted by atomic mass is 35.5. The number of amides is 2. The van der Waals surface area contributed by atoms with Gasteiger partial charge in [-0.25, -0.2) is 9.40 Å². The lowest BCUT2D eigenvalue weighted by Crippen LogP contribution is -2.55. The highest BCUT2D eigenvalue weighted by molar-refractivity contribution is 6.33. The molecule has 0 aliphatic heterocycles. The number of nitrogens with zero attached hydrogens (tertiary/aromatic N) is 1. The number of carbonyl (C=O) groups excluding carboxylic acids is 2. The molecule has 0 spiro atoms. The predicted octanol–water partition coefficient (Wildman–Crippen LogP) is 4.06. The second-order valence-electron chi connectivity index (χ2n) is 6.24. The second-order valence-corrected chi connectivity index (χ2v) is 6.65. The molecule has 0 radical (unpaired) electrons. The average Bonchev–Trinajstić information content (AvgIpc) is 2.51. The largest absolute Gasteiger partial charge is 0.274 e. The van der Waals surface area contributed by atoms with Crippen molar-refractivity contribution in [3.8, 4) is 0 Å². The molecule has 0 saturated heterocycles. The minimum absolute atomic E-state index is 0.0109. The van der Waals surface area contributed by atoms with Crippen LogP contribution in [-0.2, 0) is 0 Å². The first-order valence-corrected chi connectivity index (χ1v) is 7.73. The summed E-state index contributed by atoms with van der Waals surface area (Å²) in [7, 11) is 0. The third-order valence-corrected chi connectivity index (χ3v) is 3.60. The normalized spacial score (nSPS) is 11.0. The molecule has 126 valence electrons. The van der Waals surface area contributed by atoms with Crippen LogP contribution in [0.2, 0.25) is 5.02 Å². The fourth-order valence-electron chi connectivity index (χ4n) is 2.06. The maximum Gasteiger partial charge on any atom is 0.274 e. The van der Waals surface area contributed by atoms with Crippen molar-refractivity contribution >= 4 is 23.4 Å². The maximum absolute atomic E-state index is 13.2. The first-order chi connectivity index (χ1) is 11.2. The van der Waals surface area contributed by atoms with Crippen molar-refractivity contribution in [3.63, 3.8) is 0 Å². The molecule has 2 rings (SSSR count). The summed E-state index contributed by atoms with van der Waals surface area (Å²) in [6, 6.07) is 12.1. The number of rotatable bonds is 2. The van der Waals surface area contributed by atoms with Gasteiger partial charge in [0.2, 0.25) is 0 Å². The van der Waals surface area contributed by atoms with Crippen LogP contribution in [-0.4, -0.2) is 22.4 Å². The molecule has 0 heterocycles. The van der Waals surface area contributed by atoms with Crippen molar-refractivity contribution in [3.05, 3.63) is 70.5 Å². The molecule has 2 aromatic carbocycles.